The first-order chi connectivity index (χ1) is 8.78. The highest BCUT2D eigenvalue weighted by molar-refractivity contribution is 7.16. The lowest BCUT2D eigenvalue weighted by molar-refractivity contribution is -0.121. The standard InChI is InChI=1S/C14H22ClNO2S/c1-10(17)8-14(2,3)9-16-13(18)7-5-11-4-6-12(15)19-11/h4,6,10,17H,5,7-9H2,1-3H3,(H,16,18). The molecule has 0 saturated carbocycles. The van der Waals surface area contributed by atoms with E-state index < -0.39 is 0 Å². The van der Waals surface area contributed by atoms with Crippen molar-refractivity contribution in [3.05, 3.63) is 21.3 Å². The molecule has 0 fully saturated rings. The number of aryl methyl sites for hydroxylation is 1. The van der Waals surface area contributed by atoms with E-state index in [1.165, 1.54) is 11.3 Å². The molecule has 0 radical (unpaired) electrons. The van der Waals surface area contributed by atoms with Gasteiger partial charge in [0.2, 0.25) is 5.91 Å². The molecule has 5 heteroatoms. The molecular weight excluding hydrogens is 282 g/mol. The lowest BCUT2D eigenvalue weighted by Gasteiger charge is -2.26. The molecule has 3 nitrogen and oxygen atoms in total. The molecule has 1 atom stereocenters. The summed E-state index contributed by atoms with van der Waals surface area (Å²) in [5.74, 6) is 0.0446. The molecule has 0 aliphatic carbocycles. The summed E-state index contributed by atoms with van der Waals surface area (Å²) in [7, 11) is 0. The Labute approximate surface area is 124 Å². The maximum Gasteiger partial charge on any atom is 0.220 e. The van der Waals surface area contributed by atoms with Gasteiger partial charge in [0.05, 0.1) is 10.4 Å². The number of hydrogen-bond donors (Lipinski definition) is 2. The van der Waals surface area contributed by atoms with Crippen LogP contribution in [-0.2, 0) is 11.2 Å². The lowest BCUT2D eigenvalue weighted by atomic mass is 9.87. The average Bonchev–Trinajstić information content (AvgIpc) is 2.68. The lowest BCUT2D eigenvalue weighted by Crippen LogP contribution is -2.35. The fraction of sp³-hybridized carbons (Fsp3) is 0.643. The Morgan fingerprint density at radius 1 is 1.53 bits per heavy atom. The van der Waals surface area contributed by atoms with Gasteiger partial charge < -0.3 is 10.4 Å². The minimum absolute atomic E-state index is 0.0446. The third kappa shape index (κ3) is 6.95. The summed E-state index contributed by atoms with van der Waals surface area (Å²) < 4.78 is 0.758. The molecule has 1 aromatic heterocycles. The molecule has 1 heterocycles. The van der Waals surface area contributed by atoms with Gasteiger partial charge in [-0.2, -0.15) is 0 Å². The summed E-state index contributed by atoms with van der Waals surface area (Å²) in [5, 5.41) is 12.3. The first kappa shape index (κ1) is 16.5. The number of thiophene rings is 1. The van der Waals surface area contributed by atoms with Crippen LogP contribution in [-0.4, -0.2) is 23.7 Å². The van der Waals surface area contributed by atoms with Gasteiger partial charge in [-0.15, -0.1) is 11.3 Å². The Balaban J connectivity index is 2.28. The number of carbonyl (C=O) groups is 1. The minimum atomic E-state index is -0.347. The SMILES string of the molecule is CC(O)CC(C)(C)CNC(=O)CCc1ccc(Cl)s1. The molecular formula is C14H22ClNO2S. The monoisotopic (exact) mass is 303 g/mol. The maximum absolute atomic E-state index is 11.8. The van der Waals surface area contributed by atoms with Gasteiger partial charge in [0.15, 0.2) is 0 Å². The predicted octanol–water partition coefficient (Wildman–Crippen LogP) is 3.25. The number of rotatable bonds is 7. The van der Waals surface area contributed by atoms with E-state index in [2.05, 4.69) is 5.32 Å². The molecule has 1 rings (SSSR count). The molecule has 0 saturated heterocycles. The number of aliphatic hydroxyl groups is 1. The van der Waals surface area contributed by atoms with Gasteiger partial charge in [-0.1, -0.05) is 25.4 Å². The topological polar surface area (TPSA) is 49.3 Å². The average molecular weight is 304 g/mol. The van der Waals surface area contributed by atoms with Crippen molar-refractivity contribution >= 4 is 28.8 Å². The van der Waals surface area contributed by atoms with Crippen LogP contribution in [0.1, 0.15) is 38.5 Å². The van der Waals surface area contributed by atoms with Gasteiger partial charge in [-0.05, 0) is 37.3 Å². The highest BCUT2D eigenvalue weighted by Crippen LogP contribution is 2.23. The molecule has 0 aliphatic rings. The van der Waals surface area contributed by atoms with E-state index in [0.717, 1.165) is 15.6 Å². The van der Waals surface area contributed by atoms with Crippen LogP contribution in [0.25, 0.3) is 0 Å². The zero-order chi connectivity index (χ0) is 14.5. The van der Waals surface area contributed by atoms with Gasteiger partial charge >= 0.3 is 0 Å². The number of hydrogen-bond acceptors (Lipinski definition) is 3. The van der Waals surface area contributed by atoms with Crippen LogP contribution in [0, 0.1) is 5.41 Å². The molecule has 0 spiro atoms. The van der Waals surface area contributed by atoms with E-state index in [4.69, 9.17) is 11.6 Å². The van der Waals surface area contributed by atoms with E-state index in [0.29, 0.717) is 19.4 Å². The van der Waals surface area contributed by atoms with Crippen LogP contribution < -0.4 is 5.32 Å². The molecule has 19 heavy (non-hydrogen) atoms. The Morgan fingerprint density at radius 3 is 2.74 bits per heavy atom. The molecule has 2 N–H and O–H groups in total. The van der Waals surface area contributed by atoms with Crippen molar-refractivity contribution in [1.82, 2.24) is 5.32 Å². The summed E-state index contributed by atoms with van der Waals surface area (Å²) in [6.07, 6.45) is 1.52. The molecule has 1 amide bonds. The van der Waals surface area contributed by atoms with Crippen LogP contribution in [0.4, 0.5) is 0 Å². The minimum Gasteiger partial charge on any atom is -0.393 e. The second-order valence-electron chi connectivity index (χ2n) is 5.70. The summed E-state index contributed by atoms with van der Waals surface area (Å²) in [6, 6.07) is 3.81. The molecule has 0 bridgehead atoms. The fourth-order valence-electron chi connectivity index (χ4n) is 2.02. The van der Waals surface area contributed by atoms with Gasteiger partial charge in [0.1, 0.15) is 0 Å². The zero-order valence-electron chi connectivity index (χ0n) is 11.7. The third-order valence-corrected chi connectivity index (χ3v) is 4.13. The molecule has 1 unspecified atom stereocenters. The Morgan fingerprint density at radius 2 is 2.21 bits per heavy atom. The van der Waals surface area contributed by atoms with Crippen molar-refractivity contribution < 1.29 is 9.90 Å². The van der Waals surface area contributed by atoms with Crippen molar-refractivity contribution in [2.45, 2.75) is 46.1 Å². The smallest absolute Gasteiger partial charge is 0.220 e. The van der Waals surface area contributed by atoms with Crippen LogP contribution in [0.5, 0.6) is 0 Å². The van der Waals surface area contributed by atoms with Crippen molar-refractivity contribution in [1.29, 1.82) is 0 Å². The Hall–Kier alpha value is -0.580. The predicted molar refractivity (Wildman–Crippen MR) is 80.7 cm³/mol. The molecule has 1 aromatic rings. The van der Waals surface area contributed by atoms with Crippen molar-refractivity contribution in [3.63, 3.8) is 0 Å². The van der Waals surface area contributed by atoms with Crippen LogP contribution in [0.3, 0.4) is 0 Å². The van der Waals surface area contributed by atoms with Gasteiger partial charge in [0, 0.05) is 17.8 Å². The molecule has 108 valence electrons. The van der Waals surface area contributed by atoms with Crippen LogP contribution >= 0.6 is 22.9 Å². The Kier molecular flexibility index (Phi) is 6.30. The third-order valence-electron chi connectivity index (χ3n) is 2.84. The normalized spacial score (nSPS) is 13.3. The summed E-state index contributed by atoms with van der Waals surface area (Å²) in [6.45, 7) is 6.43. The van der Waals surface area contributed by atoms with Gasteiger partial charge in [-0.25, -0.2) is 0 Å². The second kappa shape index (κ2) is 7.27. The summed E-state index contributed by atoms with van der Waals surface area (Å²) >= 11 is 7.35. The van der Waals surface area contributed by atoms with E-state index in [1.807, 2.05) is 26.0 Å². The van der Waals surface area contributed by atoms with Gasteiger partial charge in [-0.3, -0.25) is 4.79 Å². The zero-order valence-corrected chi connectivity index (χ0v) is 13.3. The second-order valence-corrected chi connectivity index (χ2v) is 7.50. The number of amides is 1. The fourth-order valence-corrected chi connectivity index (χ4v) is 3.11. The quantitative estimate of drug-likeness (QED) is 0.812. The van der Waals surface area contributed by atoms with Crippen molar-refractivity contribution in [2.75, 3.05) is 6.54 Å². The number of halogens is 1. The number of nitrogens with one attached hydrogen (secondary N) is 1. The van der Waals surface area contributed by atoms with E-state index in [9.17, 15) is 9.90 Å². The molecule has 0 aliphatic heterocycles. The van der Waals surface area contributed by atoms with Crippen molar-refractivity contribution in [2.24, 2.45) is 5.41 Å². The van der Waals surface area contributed by atoms with Crippen LogP contribution in [0.15, 0.2) is 12.1 Å². The van der Waals surface area contributed by atoms with E-state index in [-0.39, 0.29) is 17.4 Å². The maximum atomic E-state index is 11.8. The largest absolute Gasteiger partial charge is 0.393 e. The summed E-state index contributed by atoms with van der Waals surface area (Å²) in [4.78, 5) is 12.9. The molecule has 0 aromatic carbocycles. The van der Waals surface area contributed by atoms with Gasteiger partial charge in [0.25, 0.3) is 0 Å². The number of carbonyl (C=O) groups excluding carboxylic acids is 1. The van der Waals surface area contributed by atoms with E-state index in [1.54, 1.807) is 6.92 Å². The highest BCUT2D eigenvalue weighted by atomic mass is 35.5. The number of aliphatic hydroxyl groups excluding tert-OH is 1. The highest BCUT2D eigenvalue weighted by Gasteiger charge is 2.20. The summed E-state index contributed by atoms with van der Waals surface area (Å²) in [5.41, 5.74) is -0.0872. The van der Waals surface area contributed by atoms with Crippen molar-refractivity contribution in [3.8, 4) is 0 Å². The first-order valence-electron chi connectivity index (χ1n) is 6.47. The van der Waals surface area contributed by atoms with Crippen LogP contribution in [0.2, 0.25) is 4.34 Å². The van der Waals surface area contributed by atoms with E-state index >= 15 is 0 Å². The first-order valence-corrected chi connectivity index (χ1v) is 7.67. The Bertz CT molecular complexity index is 415.